The van der Waals surface area contributed by atoms with E-state index in [0.29, 0.717) is 43.8 Å². The van der Waals surface area contributed by atoms with Crippen molar-refractivity contribution in [3.05, 3.63) is 27.7 Å². The Morgan fingerprint density at radius 3 is 2.61 bits per heavy atom. The van der Waals surface area contributed by atoms with Gasteiger partial charge in [0.2, 0.25) is 11.3 Å². The van der Waals surface area contributed by atoms with E-state index < -0.39 is 22.8 Å². The zero-order valence-electron chi connectivity index (χ0n) is 19.4. The molecule has 1 saturated heterocycles. The van der Waals surface area contributed by atoms with Gasteiger partial charge in [0.25, 0.3) is 0 Å². The van der Waals surface area contributed by atoms with Gasteiger partial charge in [0, 0.05) is 32.6 Å². The number of piperidine rings is 1. The maximum absolute atomic E-state index is 15.4. The lowest BCUT2D eigenvalue weighted by Gasteiger charge is -2.32. The third-order valence-corrected chi connectivity index (χ3v) is 6.51. The second kappa shape index (κ2) is 8.24. The number of likely N-dealkylation sites (tertiary alicyclic amines) is 1. The Kier molecular flexibility index (Phi) is 5.71. The highest BCUT2D eigenvalue weighted by Gasteiger charge is 2.37. The first-order valence-electron chi connectivity index (χ1n) is 11.2. The van der Waals surface area contributed by atoms with Crippen LogP contribution in [0.25, 0.3) is 10.9 Å². The van der Waals surface area contributed by atoms with Crippen LogP contribution in [0, 0.1) is 5.82 Å². The van der Waals surface area contributed by atoms with Crippen LogP contribution in [0.3, 0.4) is 0 Å². The Balaban J connectivity index is 1.85. The zero-order chi connectivity index (χ0) is 24.1. The van der Waals surface area contributed by atoms with Crippen molar-refractivity contribution in [2.24, 2.45) is 0 Å². The number of amides is 1. The van der Waals surface area contributed by atoms with Gasteiger partial charge >= 0.3 is 5.97 Å². The maximum Gasteiger partial charge on any atom is 0.345 e. The minimum atomic E-state index is -0.766. The molecule has 1 aromatic carbocycles. The molecule has 1 amide bonds. The van der Waals surface area contributed by atoms with Gasteiger partial charge < -0.3 is 30.6 Å². The van der Waals surface area contributed by atoms with Crippen molar-refractivity contribution >= 4 is 40.0 Å². The average Bonchev–Trinajstić information content (AvgIpc) is 3.07. The van der Waals surface area contributed by atoms with Crippen molar-refractivity contribution in [3.63, 3.8) is 0 Å². The van der Waals surface area contributed by atoms with Crippen molar-refractivity contribution < 1.29 is 18.7 Å². The molecule has 2 aromatic rings. The van der Waals surface area contributed by atoms with Crippen LogP contribution in [-0.4, -0.2) is 53.6 Å². The summed E-state index contributed by atoms with van der Waals surface area (Å²) in [5.41, 5.74) is 5.17. The van der Waals surface area contributed by atoms with E-state index >= 15 is 4.39 Å². The highest BCUT2D eigenvalue weighted by atomic mass is 19.1. The molecular weight excluding hydrogens is 429 g/mol. The molecule has 0 bridgehead atoms. The molecule has 33 heavy (non-hydrogen) atoms. The molecule has 0 saturated carbocycles. The number of fused-ring (bicyclic) bond motifs is 3. The molecule has 178 valence electrons. The van der Waals surface area contributed by atoms with E-state index in [2.05, 4.69) is 10.6 Å². The molecule has 4 rings (SSSR count). The van der Waals surface area contributed by atoms with Crippen LogP contribution in [0.2, 0.25) is 0 Å². The third-order valence-electron chi connectivity index (χ3n) is 6.51. The summed E-state index contributed by atoms with van der Waals surface area (Å²) < 4.78 is 22.3. The van der Waals surface area contributed by atoms with Gasteiger partial charge in [-0.2, -0.15) is 0 Å². The molecule has 1 fully saturated rings. The van der Waals surface area contributed by atoms with Gasteiger partial charge in [-0.1, -0.05) is 0 Å². The van der Waals surface area contributed by atoms with Gasteiger partial charge in [0.1, 0.15) is 11.4 Å². The fraction of sp³-hybridized carbons (Fsp3) is 0.522. The normalized spacial score (nSPS) is 17.5. The highest BCUT2D eigenvalue weighted by Crippen LogP contribution is 2.38. The first-order chi connectivity index (χ1) is 15.6. The molecule has 0 aliphatic carbocycles. The number of benzene rings is 1. The zero-order valence-corrected chi connectivity index (χ0v) is 19.4. The Morgan fingerprint density at radius 2 is 2.00 bits per heavy atom. The van der Waals surface area contributed by atoms with Crippen LogP contribution in [0.1, 0.15) is 50.9 Å². The number of halogens is 1. The number of carbonyl (C=O) groups is 2. The Hall–Kier alpha value is -3.30. The molecule has 9 nitrogen and oxygen atoms in total. The summed E-state index contributed by atoms with van der Waals surface area (Å²) in [6.07, 6.45) is 1.34. The van der Waals surface area contributed by atoms with Gasteiger partial charge in [-0.05, 0) is 39.7 Å². The van der Waals surface area contributed by atoms with Crippen molar-refractivity contribution in [3.8, 4) is 0 Å². The first kappa shape index (κ1) is 22.9. The van der Waals surface area contributed by atoms with Crippen molar-refractivity contribution in [2.75, 3.05) is 42.6 Å². The van der Waals surface area contributed by atoms with Crippen LogP contribution in [0.15, 0.2) is 10.9 Å². The summed E-state index contributed by atoms with van der Waals surface area (Å²) in [5.74, 6) is -1.12. The summed E-state index contributed by atoms with van der Waals surface area (Å²) in [6.45, 7) is 8.87. The van der Waals surface area contributed by atoms with Crippen LogP contribution in [0.5, 0.6) is 0 Å². The van der Waals surface area contributed by atoms with Gasteiger partial charge in [-0.15, -0.1) is 0 Å². The topological polar surface area (TPSA) is 119 Å². The van der Waals surface area contributed by atoms with E-state index in [1.807, 2.05) is 18.4 Å². The van der Waals surface area contributed by atoms with Crippen molar-refractivity contribution in [1.29, 1.82) is 0 Å². The van der Waals surface area contributed by atoms with E-state index in [1.165, 1.54) is 6.92 Å². The van der Waals surface area contributed by atoms with E-state index in [9.17, 15) is 14.4 Å². The summed E-state index contributed by atoms with van der Waals surface area (Å²) in [7, 11) is 0. The lowest BCUT2D eigenvalue weighted by Crippen LogP contribution is -2.41. The molecule has 2 aliphatic heterocycles. The summed E-state index contributed by atoms with van der Waals surface area (Å²) in [4.78, 5) is 39.3. The molecule has 1 aromatic heterocycles. The third kappa shape index (κ3) is 3.77. The fourth-order valence-corrected chi connectivity index (χ4v) is 4.78. The van der Waals surface area contributed by atoms with Gasteiger partial charge in [0.05, 0.1) is 34.4 Å². The van der Waals surface area contributed by atoms with Crippen LogP contribution in [0.4, 0.5) is 21.6 Å². The monoisotopic (exact) mass is 459 g/mol. The number of esters is 1. The standard InChI is InChI=1S/C23H30FN5O4/c1-5-33-22(32)17-20(31)16-15(29-21(17)26-11-23(29,3)4)10-14(18(24)19(16)25)27-13-6-8-28(9-7-13)12(2)30/h10,13,26-27H,5-9,11,25H2,1-4H3. The number of hydrogen-bond acceptors (Lipinski definition) is 7. The molecular formula is C23H30FN5O4. The Morgan fingerprint density at radius 1 is 1.33 bits per heavy atom. The SMILES string of the molecule is CCOC(=O)c1c2n(c3cc(NC4CCN(C(C)=O)CC4)c(F)c(N)c3c1=O)C(C)(C)CN2. The molecule has 2 aliphatic rings. The van der Waals surface area contributed by atoms with E-state index in [4.69, 9.17) is 10.5 Å². The number of rotatable bonds is 4. The highest BCUT2D eigenvalue weighted by molar-refractivity contribution is 6.04. The van der Waals surface area contributed by atoms with Crippen LogP contribution in [-0.2, 0) is 15.1 Å². The molecule has 0 unspecified atom stereocenters. The first-order valence-corrected chi connectivity index (χ1v) is 11.2. The predicted octanol–water partition coefficient (Wildman–Crippen LogP) is 2.48. The second-order valence-corrected chi connectivity index (χ2v) is 9.25. The molecule has 0 atom stereocenters. The van der Waals surface area contributed by atoms with Crippen molar-refractivity contribution in [1.82, 2.24) is 9.47 Å². The molecule has 0 spiro atoms. The van der Waals surface area contributed by atoms with Crippen molar-refractivity contribution in [2.45, 2.75) is 52.1 Å². The summed E-state index contributed by atoms with van der Waals surface area (Å²) in [6, 6.07) is 1.55. The molecule has 10 heteroatoms. The molecule has 4 N–H and O–H groups in total. The van der Waals surface area contributed by atoms with E-state index in [-0.39, 0.29) is 40.9 Å². The summed E-state index contributed by atoms with van der Waals surface area (Å²) in [5, 5.41) is 6.33. The number of hydrogen-bond donors (Lipinski definition) is 3. The van der Waals surface area contributed by atoms with Gasteiger partial charge in [0.15, 0.2) is 5.82 Å². The number of nitrogen functional groups attached to an aromatic ring is 1. The van der Waals surface area contributed by atoms with E-state index in [1.54, 1.807) is 17.9 Å². The minimum Gasteiger partial charge on any atom is -0.462 e. The number of nitrogens with one attached hydrogen (secondary N) is 2. The predicted molar refractivity (Wildman–Crippen MR) is 125 cm³/mol. The lowest BCUT2D eigenvalue weighted by atomic mass is 10.0. The number of pyridine rings is 1. The minimum absolute atomic E-state index is 0.0247. The van der Waals surface area contributed by atoms with Crippen LogP contribution < -0.4 is 21.8 Å². The fourth-order valence-electron chi connectivity index (χ4n) is 4.78. The van der Waals surface area contributed by atoms with Crippen LogP contribution >= 0.6 is 0 Å². The number of anilines is 3. The molecule has 0 radical (unpaired) electrons. The van der Waals surface area contributed by atoms with Gasteiger partial charge in [-0.3, -0.25) is 9.59 Å². The number of carbonyl (C=O) groups excluding carboxylic acids is 2. The molecule has 3 heterocycles. The maximum atomic E-state index is 15.4. The lowest BCUT2D eigenvalue weighted by molar-refractivity contribution is -0.129. The Bertz CT molecular complexity index is 1200. The number of aromatic nitrogens is 1. The van der Waals surface area contributed by atoms with Gasteiger partial charge in [-0.25, -0.2) is 9.18 Å². The smallest absolute Gasteiger partial charge is 0.345 e. The largest absolute Gasteiger partial charge is 0.462 e. The second-order valence-electron chi connectivity index (χ2n) is 9.25. The number of nitrogens with zero attached hydrogens (tertiary/aromatic N) is 2. The Labute approximate surface area is 191 Å². The number of ether oxygens (including phenoxy) is 1. The quantitative estimate of drug-likeness (QED) is 0.475. The number of nitrogens with two attached hydrogens (primary N) is 1. The average molecular weight is 460 g/mol. The summed E-state index contributed by atoms with van der Waals surface area (Å²) >= 11 is 0. The van der Waals surface area contributed by atoms with E-state index in [0.717, 1.165) is 0 Å².